The van der Waals surface area contributed by atoms with Crippen LogP contribution in [0.4, 0.5) is 5.69 Å². The fourth-order valence-corrected chi connectivity index (χ4v) is 5.21. The van der Waals surface area contributed by atoms with E-state index >= 15 is 0 Å². The van der Waals surface area contributed by atoms with Gasteiger partial charge in [-0.1, -0.05) is 38.5 Å². The van der Waals surface area contributed by atoms with Crippen molar-refractivity contribution in [2.75, 3.05) is 5.32 Å². The molecule has 1 N–H and O–H groups in total. The van der Waals surface area contributed by atoms with Gasteiger partial charge in [0.15, 0.2) is 0 Å². The quantitative estimate of drug-likeness (QED) is 0.775. The maximum absolute atomic E-state index is 3.97. The summed E-state index contributed by atoms with van der Waals surface area (Å²) in [6.07, 6.45) is 4.22. The summed E-state index contributed by atoms with van der Waals surface area (Å²) >= 11 is 0. The molecule has 1 heteroatoms. The van der Waals surface area contributed by atoms with Crippen molar-refractivity contribution >= 4 is 5.69 Å². The minimum Gasteiger partial charge on any atom is -0.381 e. The van der Waals surface area contributed by atoms with Gasteiger partial charge in [0, 0.05) is 11.7 Å². The van der Waals surface area contributed by atoms with E-state index in [0.29, 0.717) is 16.9 Å². The lowest BCUT2D eigenvalue weighted by Crippen LogP contribution is -2.46. The molecule has 0 heterocycles. The first-order valence-corrected chi connectivity index (χ1v) is 8.08. The van der Waals surface area contributed by atoms with Crippen molar-refractivity contribution in [1.82, 2.24) is 0 Å². The molecule has 2 bridgehead atoms. The number of hydrogen-bond acceptors (Lipinski definition) is 1. The molecule has 0 aliphatic heterocycles. The summed E-state index contributed by atoms with van der Waals surface area (Å²) in [5.74, 6) is 0.899. The maximum Gasteiger partial charge on any atom is 0.0402 e. The van der Waals surface area contributed by atoms with Crippen LogP contribution in [0.2, 0.25) is 0 Å². The fraction of sp³-hybridized carbons (Fsp3) is 0.684. The minimum absolute atomic E-state index is 0.413. The van der Waals surface area contributed by atoms with Crippen molar-refractivity contribution in [3.05, 3.63) is 28.8 Å². The Morgan fingerprint density at radius 3 is 2.15 bits per heavy atom. The summed E-state index contributed by atoms with van der Waals surface area (Å²) in [4.78, 5) is 0. The Morgan fingerprint density at radius 1 is 1.05 bits per heavy atom. The topological polar surface area (TPSA) is 12.0 Å². The number of aryl methyl sites for hydroxylation is 3. The number of benzene rings is 1. The second-order valence-electron chi connectivity index (χ2n) is 8.27. The number of fused-ring (bicyclic) bond motifs is 2. The fourth-order valence-electron chi connectivity index (χ4n) is 5.21. The zero-order valence-electron chi connectivity index (χ0n) is 13.9. The van der Waals surface area contributed by atoms with Crippen LogP contribution in [-0.2, 0) is 0 Å². The van der Waals surface area contributed by atoms with Gasteiger partial charge in [-0.25, -0.2) is 0 Å². The van der Waals surface area contributed by atoms with Gasteiger partial charge in [-0.05, 0) is 67.9 Å². The normalized spacial score (nSPS) is 34.5. The number of anilines is 1. The van der Waals surface area contributed by atoms with Gasteiger partial charge in [0.05, 0.1) is 0 Å². The van der Waals surface area contributed by atoms with Crippen LogP contribution in [0.15, 0.2) is 12.1 Å². The van der Waals surface area contributed by atoms with Gasteiger partial charge in [-0.3, -0.25) is 0 Å². The highest BCUT2D eigenvalue weighted by Gasteiger charge is 2.59. The van der Waals surface area contributed by atoms with Crippen molar-refractivity contribution in [2.24, 2.45) is 16.7 Å². The summed E-state index contributed by atoms with van der Waals surface area (Å²) in [7, 11) is 0. The summed E-state index contributed by atoms with van der Waals surface area (Å²) in [5.41, 5.74) is 6.43. The lowest BCUT2D eigenvalue weighted by molar-refractivity contribution is 0.155. The first-order chi connectivity index (χ1) is 9.24. The largest absolute Gasteiger partial charge is 0.381 e. The molecule has 0 spiro atoms. The third kappa shape index (κ3) is 1.89. The molecular weight excluding hydrogens is 242 g/mol. The average molecular weight is 271 g/mol. The monoisotopic (exact) mass is 271 g/mol. The van der Waals surface area contributed by atoms with Gasteiger partial charge < -0.3 is 5.32 Å². The molecule has 0 radical (unpaired) electrons. The van der Waals surface area contributed by atoms with Crippen LogP contribution in [-0.4, -0.2) is 6.04 Å². The van der Waals surface area contributed by atoms with Crippen molar-refractivity contribution in [3.63, 3.8) is 0 Å². The van der Waals surface area contributed by atoms with Crippen molar-refractivity contribution < 1.29 is 0 Å². The maximum atomic E-state index is 3.97. The molecule has 0 aromatic heterocycles. The van der Waals surface area contributed by atoms with E-state index in [0.717, 1.165) is 5.92 Å². The van der Waals surface area contributed by atoms with Crippen LogP contribution in [0.25, 0.3) is 0 Å². The van der Waals surface area contributed by atoms with E-state index < -0.39 is 0 Å². The number of rotatable bonds is 2. The molecule has 2 fully saturated rings. The Morgan fingerprint density at radius 2 is 1.65 bits per heavy atom. The predicted molar refractivity (Wildman–Crippen MR) is 87.3 cm³/mol. The van der Waals surface area contributed by atoms with Crippen LogP contribution in [0.5, 0.6) is 0 Å². The zero-order valence-corrected chi connectivity index (χ0v) is 13.9. The van der Waals surface area contributed by atoms with Gasteiger partial charge in [0.1, 0.15) is 0 Å². The molecule has 0 saturated heterocycles. The Bertz CT molecular complexity index is 515. The van der Waals surface area contributed by atoms with Crippen molar-refractivity contribution in [1.29, 1.82) is 0 Å². The van der Waals surface area contributed by atoms with Crippen LogP contribution in [0.1, 0.15) is 56.7 Å². The summed E-state index contributed by atoms with van der Waals surface area (Å²) in [6.45, 7) is 14.1. The first kappa shape index (κ1) is 14.0. The summed E-state index contributed by atoms with van der Waals surface area (Å²) in [5, 5.41) is 3.97. The standard InChI is InChI=1S/C19H29N/c1-12-9-13(2)16(14(3)10-12)20-17-18(4,5)15-7-8-19(17,6)11-15/h9-10,15,17,20H,7-8,11H2,1-6H3/t15-,17?,19+/m0/s1. The first-order valence-electron chi connectivity index (χ1n) is 8.08. The smallest absolute Gasteiger partial charge is 0.0402 e. The Balaban J connectivity index is 1.96. The molecule has 1 nitrogen and oxygen atoms in total. The lowest BCUT2D eigenvalue weighted by Gasteiger charge is -2.44. The lowest BCUT2D eigenvalue weighted by atomic mass is 9.68. The zero-order chi connectivity index (χ0) is 14.7. The SMILES string of the molecule is Cc1cc(C)c(NC2C(C)(C)[C@H]3CC[C@]2(C)C3)c(C)c1. The van der Waals surface area contributed by atoms with Crippen LogP contribution in [0, 0.1) is 37.5 Å². The predicted octanol–water partition coefficient (Wildman–Crippen LogP) is 5.24. The second kappa shape index (κ2) is 4.26. The Labute approximate surface area is 124 Å². The molecule has 1 aromatic carbocycles. The highest BCUT2D eigenvalue weighted by atomic mass is 15.0. The van der Waals surface area contributed by atoms with E-state index in [-0.39, 0.29) is 0 Å². The molecule has 1 unspecified atom stereocenters. The van der Waals surface area contributed by atoms with E-state index in [2.05, 4.69) is 59.0 Å². The molecule has 3 rings (SSSR count). The van der Waals surface area contributed by atoms with Crippen molar-refractivity contribution in [2.45, 2.75) is 66.8 Å². The molecule has 1 aromatic rings. The van der Waals surface area contributed by atoms with Gasteiger partial charge >= 0.3 is 0 Å². The summed E-state index contributed by atoms with van der Waals surface area (Å²) < 4.78 is 0. The third-order valence-corrected chi connectivity index (χ3v) is 6.24. The van der Waals surface area contributed by atoms with Crippen LogP contribution >= 0.6 is 0 Å². The minimum atomic E-state index is 0.413. The van der Waals surface area contributed by atoms with Gasteiger partial charge in [-0.2, -0.15) is 0 Å². The average Bonchev–Trinajstić information content (AvgIpc) is 2.77. The Kier molecular flexibility index (Phi) is 2.97. The van der Waals surface area contributed by atoms with Crippen LogP contribution < -0.4 is 5.32 Å². The molecule has 2 aliphatic rings. The third-order valence-electron chi connectivity index (χ3n) is 6.24. The van der Waals surface area contributed by atoms with Gasteiger partial charge in [0.2, 0.25) is 0 Å². The van der Waals surface area contributed by atoms with Crippen LogP contribution in [0.3, 0.4) is 0 Å². The molecule has 2 saturated carbocycles. The second-order valence-corrected chi connectivity index (χ2v) is 8.27. The van der Waals surface area contributed by atoms with E-state index in [4.69, 9.17) is 0 Å². The number of nitrogens with one attached hydrogen (secondary N) is 1. The molecule has 2 aliphatic carbocycles. The Hall–Kier alpha value is -0.980. The van der Waals surface area contributed by atoms with E-state index in [1.165, 1.54) is 41.6 Å². The summed E-state index contributed by atoms with van der Waals surface area (Å²) in [6, 6.07) is 5.21. The van der Waals surface area contributed by atoms with E-state index in [1.54, 1.807) is 0 Å². The molecular formula is C19H29N. The number of hydrogen-bond donors (Lipinski definition) is 1. The van der Waals surface area contributed by atoms with E-state index in [1.807, 2.05) is 0 Å². The van der Waals surface area contributed by atoms with Gasteiger partial charge in [0.25, 0.3) is 0 Å². The molecule has 110 valence electrons. The molecule has 3 atom stereocenters. The van der Waals surface area contributed by atoms with E-state index in [9.17, 15) is 0 Å². The molecule has 0 amide bonds. The van der Waals surface area contributed by atoms with Gasteiger partial charge in [-0.15, -0.1) is 0 Å². The highest BCUT2D eigenvalue weighted by molar-refractivity contribution is 5.59. The van der Waals surface area contributed by atoms with Crippen molar-refractivity contribution in [3.8, 4) is 0 Å². The molecule has 20 heavy (non-hydrogen) atoms. The highest BCUT2D eigenvalue weighted by Crippen LogP contribution is 2.63.